The predicted molar refractivity (Wildman–Crippen MR) is 89.8 cm³/mol. The number of guanidine groups is 1. The van der Waals surface area contributed by atoms with Crippen LogP contribution in [-0.4, -0.2) is 18.0 Å². The van der Waals surface area contributed by atoms with Crippen LogP contribution in [0, 0.1) is 20.8 Å². The summed E-state index contributed by atoms with van der Waals surface area (Å²) >= 11 is 1.70. The van der Waals surface area contributed by atoms with Crippen LogP contribution >= 0.6 is 11.3 Å². The monoisotopic (exact) mass is 302 g/mol. The average molecular weight is 302 g/mol. The molecular weight excluding hydrogens is 280 g/mol. The molecule has 0 amide bonds. The van der Waals surface area contributed by atoms with Crippen LogP contribution in [0.5, 0.6) is 0 Å². The second-order valence-electron chi connectivity index (χ2n) is 5.07. The van der Waals surface area contributed by atoms with E-state index in [4.69, 9.17) is 0 Å². The van der Waals surface area contributed by atoms with E-state index in [1.807, 2.05) is 6.20 Å². The number of aryl methyl sites for hydroxylation is 3. The minimum atomic E-state index is 0.699. The Balaban J connectivity index is 1.88. The largest absolute Gasteiger partial charge is 0.352 e. The Hall–Kier alpha value is -1.88. The smallest absolute Gasteiger partial charge is 0.191 e. The minimum Gasteiger partial charge on any atom is -0.352 e. The summed E-state index contributed by atoms with van der Waals surface area (Å²) in [5, 5.41) is 7.70. The van der Waals surface area contributed by atoms with Crippen molar-refractivity contribution in [3.63, 3.8) is 0 Å². The highest BCUT2D eigenvalue weighted by atomic mass is 32.1. The molecule has 0 unspecified atom stereocenters. The maximum Gasteiger partial charge on any atom is 0.191 e. The van der Waals surface area contributed by atoms with Crippen molar-refractivity contribution in [2.45, 2.75) is 33.9 Å². The summed E-state index contributed by atoms with van der Waals surface area (Å²) in [7, 11) is 1.78. The Bertz CT molecular complexity index is 631. The third kappa shape index (κ3) is 4.56. The molecule has 0 bridgehead atoms. The zero-order valence-corrected chi connectivity index (χ0v) is 13.8. The van der Waals surface area contributed by atoms with Gasteiger partial charge >= 0.3 is 0 Å². The fourth-order valence-electron chi connectivity index (χ4n) is 2.09. The Morgan fingerprint density at radius 2 is 1.95 bits per heavy atom. The fourth-order valence-corrected chi connectivity index (χ4v) is 2.81. The van der Waals surface area contributed by atoms with Gasteiger partial charge in [-0.15, -0.1) is 11.3 Å². The first-order valence-corrected chi connectivity index (χ1v) is 7.82. The van der Waals surface area contributed by atoms with Crippen molar-refractivity contribution in [3.05, 3.63) is 51.0 Å². The van der Waals surface area contributed by atoms with E-state index in [2.05, 4.69) is 59.6 Å². The summed E-state index contributed by atoms with van der Waals surface area (Å²) in [5.41, 5.74) is 3.88. The van der Waals surface area contributed by atoms with Crippen LogP contribution in [0.25, 0.3) is 0 Å². The predicted octanol–water partition coefficient (Wildman–Crippen LogP) is 2.93. The molecule has 0 saturated heterocycles. The third-order valence-corrected chi connectivity index (χ3v) is 4.16. The minimum absolute atomic E-state index is 0.699. The number of rotatable bonds is 4. The van der Waals surface area contributed by atoms with Gasteiger partial charge in [0.25, 0.3) is 0 Å². The summed E-state index contributed by atoms with van der Waals surface area (Å²) in [6.07, 6.45) is 1.90. The van der Waals surface area contributed by atoms with E-state index in [0.29, 0.717) is 6.54 Å². The molecule has 112 valence electrons. The normalized spacial score (nSPS) is 11.5. The third-order valence-electron chi connectivity index (χ3n) is 3.24. The van der Waals surface area contributed by atoms with E-state index >= 15 is 0 Å². The van der Waals surface area contributed by atoms with Crippen LogP contribution in [0.4, 0.5) is 0 Å². The Morgan fingerprint density at radius 3 is 2.57 bits per heavy atom. The number of nitrogens with one attached hydrogen (secondary N) is 2. The SMILES string of the molecule is CN=C(NCc1ncc(C)s1)NCc1ccc(C)cc1C. The lowest BCUT2D eigenvalue weighted by Gasteiger charge is -2.12. The molecule has 5 heteroatoms. The van der Waals surface area contributed by atoms with E-state index in [9.17, 15) is 0 Å². The number of nitrogens with zero attached hydrogens (tertiary/aromatic N) is 2. The number of hydrogen-bond donors (Lipinski definition) is 2. The first kappa shape index (κ1) is 15.5. The van der Waals surface area contributed by atoms with Crippen LogP contribution in [-0.2, 0) is 13.1 Å². The van der Waals surface area contributed by atoms with Crippen LogP contribution in [0.3, 0.4) is 0 Å². The number of hydrogen-bond acceptors (Lipinski definition) is 3. The highest BCUT2D eigenvalue weighted by Gasteiger charge is 2.03. The topological polar surface area (TPSA) is 49.3 Å². The van der Waals surface area contributed by atoms with Crippen molar-refractivity contribution in [1.82, 2.24) is 15.6 Å². The Labute approximate surface area is 130 Å². The van der Waals surface area contributed by atoms with Gasteiger partial charge in [0.1, 0.15) is 5.01 Å². The molecule has 4 nitrogen and oxygen atoms in total. The van der Waals surface area contributed by atoms with Crippen molar-refractivity contribution in [3.8, 4) is 0 Å². The molecule has 1 aromatic carbocycles. The van der Waals surface area contributed by atoms with Gasteiger partial charge in [-0.05, 0) is 31.9 Å². The molecule has 1 heterocycles. The summed E-state index contributed by atoms with van der Waals surface area (Å²) < 4.78 is 0. The van der Waals surface area contributed by atoms with Gasteiger partial charge in [-0.2, -0.15) is 0 Å². The molecule has 2 N–H and O–H groups in total. The van der Waals surface area contributed by atoms with Crippen LogP contribution < -0.4 is 10.6 Å². The molecule has 1 aromatic heterocycles. The summed E-state index contributed by atoms with van der Waals surface area (Å²) in [5.74, 6) is 0.794. The van der Waals surface area contributed by atoms with Crippen molar-refractivity contribution in [2.75, 3.05) is 7.05 Å². The molecule has 21 heavy (non-hydrogen) atoms. The lowest BCUT2D eigenvalue weighted by Crippen LogP contribution is -2.36. The lowest BCUT2D eigenvalue weighted by molar-refractivity contribution is 0.802. The first-order valence-electron chi connectivity index (χ1n) is 7.00. The molecule has 2 rings (SSSR count). The van der Waals surface area contributed by atoms with E-state index in [1.165, 1.54) is 21.6 Å². The highest BCUT2D eigenvalue weighted by Crippen LogP contribution is 2.11. The average Bonchev–Trinajstić information content (AvgIpc) is 2.86. The molecule has 0 radical (unpaired) electrons. The van der Waals surface area contributed by atoms with Gasteiger partial charge in [0.2, 0.25) is 0 Å². The maximum atomic E-state index is 4.34. The zero-order valence-electron chi connectivity index (χ0n) is 13.0. The lowest BCUT2D eigenvalue weighted by atomic mass is 10.1. The zero-order chi connectivity index (χ0) is 15.2. The standard InChI is InChI=1S/C16H22N4S/c1-11-5-6-14(12(2)7-11)9-19-16(17-4)20-10-15-18-8-13(3)21-15/h5-8H,9-10H2,1-4H3,(H2,17,19,20). The second kappa shape index (κ2) is 7.22. The number of thiazole rings is 1. The summed E-state index contributed by atoms with van der Waals surface area (Å²) in [4.78, 5) is 9.81. The number of aromatic nitrogens is 1. The summed E-state index contributed by atoms with van der Waals surface area (Å²) in [6, 6.07) is 6.50. The van der Waals surface area contributed by atoms with E-state index in [-0.39, 0.29) is 0 Å². The fraction of sp³-hybridized carbons (Fsp3) is 0.375. The first-order chi connectivity index (χ1) is 10.1. The molecule has 0 aliphatic rings. The van der Waals surface area contributed by atoms with Crippen molar-refractivity contribution < 1.29 is 0 Å². The van der Waals surface area contributed by atoms with Gasteiger partial charge in [-0.25, -0.2) is 4.98 Å². The van der Waals surface area contributed by atoms with Gasteiger partial charge in [-0.3, -0.25) is 4.99 Å². The number of aliphatic imine (C=N–C) groups is 1. The molecule has 0 fully saturated rings. The number of benzene rings is 1. The van der Waals surface area contributed by atoms with Crippen molar-refractivity contribution >= 4 is 17.3 Å². The van der Waals surface area contributed by atoms with Gasteiger partial charge in [-0.1, -0.05) is 23.8 Å². The molecule has 0 saturated carbocycles. The van der Waals surface area contributed by atoms with Crippen molar-refractivity contribution in [2.24, 2.45) is 4.99 Å². The van der Waals surface area contributed by atoms with Crippen molar-refractivity contribution in [1.29, 1.82) is 0 Å². The maximum absolute atomic E-state index is 4.34. The van der Waals surface area contributed by atoms with Gasteiger partial charge in [0.15, 0.2) is 5.96 Å². The Kier molecular flexibility index (Phi) is 5.33. The van der Waals surface area contributed by atoms with Gasteiger partial charge in [0.05, 0.1) is 6.54 Å². The van der Waals surface area contributed by atoms with E-state index in [1.54, 1.807) is 18.4 Å². The molecule has 2 aromatic rings. The van der Waals surface area contributed by atoms with Crippen LogP contribution in [0.1, 0.15) is 26.6 Å². The summed E-state index contributed by atoms with van der Waals surface area (Å²) in [6.45, 7) is 7.78. The van der Waals surface area contributed by atoms with Crippen LogP contribution in [0.2, 0.25) is 0 Å². The molecule has 0 atom stereocenters. The van der Waals surface area contributed by atoms with Gasteiger partial charge in [0, 0.05) is 24.7 Å². The highest BCUT2D eigenvalue weighted by molar-refractivity contribution is 7.11. The quantitative estimate of drug-likeness (QED) is 0.674. The molecule has 0 aliphatic carbocycles. The molecule has 0 aliphatic heterocycles. The van der Waals surface area contributed by atoms with E-state index in [0.717, 1.165) is 17.5 Å². The second-order valence-corrected chi connectivity index (χ2v) is 6.39. The Morgan fingerprint density at radius 1 is 1.19 bits per heavy atom. The van der Waals surface area contributed by atoms with Crippen LogP contribution in [0.15, 0.2) is 29.4 Å². The molecular formula is C16H22N4S. The molecule has 0 spiro atoms. The van der Waals surface area contributed by atoms with Gasteiger partial charge < -0.3 is 10.6 Å². The van der Waals surface area contributed by atoms with E-state index < -0.39 is 0 Å².